The van der Waals surface area contributed by atoms with Crippen LogP contribution < -0.4 is 10.2 Å². The number of pyridine rings is 1. The van der Waals surface area contributed by atoms with Gasteiger partial charge < -0.3 is 10.2 Å². The highest BCUT2D eigenvalue weighted by molar-refractivity contribution is 5.92. The largest absolute Gasteiger partial charge is 0.356 e. The highest BCUT2D eigenvalue weighted by Crippen LogP contribution is 2.22. The van der Waals surface area contributed by atoms with Crippen LogP contribution in [0.3, 0.4) is 0 Å². The second-order valence-electron chi connectivity index (χ2n) is 5.96. The topological polar surface area (TPSA) is 71.0 Å². The normalized spacial score (nSPS) is 17.8. The maximum absolute atomic E-state index is 12.5. The lowest BCUT2D eigenvalue weighted by molar-refractivity contribution is -0.120. The van der Waals surface area contributed by atoms with Gasteiger partial charge in [-0.2, -0.15) is 0 Å². The molecule has 1 aliphatic rings. The number of aryl methyl sites for hydroxylation is 2. The van der Waals surface area contributed by atoms with Crippen molar-refractivity contribution in [2.75, 3.05) is 23.3 Å². The summed E-state index contributed by atoms with van der Waals surface area (Å²) in [7, 11) is 0. The summed E-state index contributed by atoms with van der Waals surface area (Å²) in [6.45, 7) is 5.45. The maximum Gasteiger partial charge on any atom is 0.230 e. The number of aromatic nitrogens is 3. The molecule has 1 atom stereocenters. The van der Waals surface area contributed by atoms with Gasteiger partial charge in [0.15, 0.2) is 0 Å². The highest BCUT2D eigenvalue weighted by Gasteiger charge is 2.26. The minimum absolute atomic E-state index is 0.0265. The van der Waals surface area contributed by atoms with E-state index in [1.54, 1.807) is 6.33 Å². The van der Waals surface area contributed by atoms with Gasteiger partial charge in [0, 0.05) is 30.5 Å². The Balaban J connectivity index is 1.67. The van der Waals surface area contributed by atoms with E-state index < -0.39 is 0 Å². The average Bonchev–Trinajstić information content (AvgIpc) is 2.55. The monoisotopic (exact) mass is 311 g/mol. The first-order valence-corrected chi connectivity index (χ1v) is 7.90. The molecule has 3 heterocycles. The number of anilines is 2. The summed E-state index contributed by atoms with van der Waals surface area (Å²) in [6, 6.07) is 7.59. The fourth-order valence-corrected chi connectivity index (χ4v) is 2.85. The van der Waals surface area contributed by atoms with Gasteiger partial charge in [-0.15, -0.1) is 0 Å². The van der Waals surface area contributed by atoms with E-state index in [9.17, 15) is 4.79 Å². The van der Waals surface area contributed by atoms with Crippen LogP contribution in [0.4, 0.5) is 11.6 Å². The molecule has 6 heteroatoms. The summed E-state index contributed by atoms with van der Waals surface area (Å²) in [4.78, 5) is 27.5. The molecule has 23 heavy (non-hydrogen) atoms. The van der Waals surface area contributed by atoms with Crippen LogP contribution in [0.15, 0.2) is 30.6 Å². The molecule has 0 spiro atoms. The van der Waals surface area contributed by atoms with Crippen molar-refractivity contribution in [1.82, 2.24) is 15.0 Å². The smallest absolute Gasteiger partial charge is 0.230 e. The summed E-state index contributed by atoms with van der Waals surface area (Å²) in [5.41, 5.74) is 1.83. The number of amides is 1. The second kappa shape index (κ2) is 6.73. The van der Waals surface area contributed by atoms with Crippen LogP contribution in [-0.2, 0) is 4.79 Å². The Morgan fingerprint density at radius 3 is 2.91 bits per heavy atom. The molecule has 3 rings (SSSR count). The van der Waals surface area contributed by atoms with Gasteiger partial charge >= 0.3 is 0 Å². The van der Waals surface area contributed by atoms with Crippen molar-refractivity contribution >= 4 is 17.5 Å². The summed E-state index contributed by atoms with van der Waals surface area (Å²) < 4.78 is 0. The molecule has 0 aromatic carbocycles. The van der Waals surface area contributed by atoms with Crippen molar-refractivity contribution in [3.8, 4) is 0 Å². The average molecular weight is 311 g/mol. The summed E-state index contributed by atoms with van der Waals surface area (Å²) in [6.07, 6.45) is 3.44. The maximum atomic E-state index is 12.5. The minimum atomic E-state index is -0.0543. The van der Waals surface area contributed by atoms with Crippen LogP contribution in [0.2, 0.25) is 0 Å². The molecule has 1 amide bonds. The van der Waals surface area contributed by atoms with Crippen molar-refractivity contribution in [2.24, 2.45) is 5.92 Å². The van der Waals surface area contributed by atoms with E-state index in [2.05, 4.69) is 25.2 Å². The van der Waals surface area contributed by atoms with Gasteiger partial charge in [0.25, 0.3) is 0 Å². The molecule has 2 aromatic heterocycles. The molecule has 2 aromatic rings. The first-order valence-electron chi connectivity index (χ1n) is 7.90. The molecule has 1 N–H and O–H groups in total. The zero-order chi connectivity index (χ0) is 16.2. The van der Waals surface area contributed by atoms with E-state index in [1.165, 1.54) is 0 Å². The number of carbonyl (C=O) groups excluding carboxylic acids is 1. The van der Waals surface area contributed by atoms with Crippen LogP contribution in [0.1, 0.15) is 24.2 Å². The van der Waals surface area contributed by atoms with E-state index in [-0.39, 0.29) is 11.8 Å². The molecule has 1 aliphatic heterocycles. The zero-order valence-corrected chi connectivity index (χ0v) is 13.5. The third-order valence-electron chi connectivity index (χ3n) is 4.05. The summed E-state index contributed by atoms with van der Waals surface area (Å²) in [5.74, 6) is 1.48. The van der Waals surface area contributed by atoms with Gasteiger partial charge in [0.2, 0.25) is 5.91 Å². The lowest BCUT2D eigenvalue weighted by atomic mass is 9.97. The molecule has 0 bridgehead atoms. The van der Waals surface area contributed by atoms with Crippen LogP contribution in [0, 0.1) is 19.8 Å². The molecular formula is C17H21N5O. The molecular weight excluding hydrogens is 290 g/mol. The minimum Gasteiger partial charge on any atom is -0.356 e. The van der Waals surface area contributed by atoms with Crippen LogP contribution >= 0.6 is 0 Å². The van der Waals surface area contributed by atoms with Gasteiger partial charge in [-0.1, -0.05) is 6.07 Å². The van der Waals surface area contributed by atoms with E-state index in [1.807, 2.05) is 38.1 Å². The summed E-state index contributed by atoms with van der Waals surface area (Å²) in [5, 5.41) is 2.93. The van der Waals surface area contributed by atoms with Crippen molar-refractivity contribution in [3.05, 3.63) is 42.0 Å². The van der Waals surface area contributed by atoms with Crippen molar-refractivity contribution in [1.29, 1.82) is 0 Å². The molecule has 6 nitrogen and oxygen atoms in total. The van der Waals surface area contributed by atoms with Crippen molar-refractivity contribution < 1.29 is 4.79 Å². The third-order valence-corrected chi connectivity index (χ3v) is 4.05. The lowest BCUT2D eigenvalue weighted by Gasteiger charge is -2.32. The predicted molar refractivity (Wildman–Crippen MR) is 89.3 cm³/mol. The molecule has 1 fully saturated rings. The van der Waals surface area contributed by atoms with Gasteiger partial charge in [-0.05, 0) is 38.8 Å². The van der Waals surface area contributed by atoms with Crippen LogP contribution in [0.25, 0.3) is 0 Å². The first kappa shape index (κ1) is 15.4. The molecule has 120 valence electrons. The van der Waals surface area contributed by atoms with E-state index in [0.717, 1.165) is 36.6 Å². The Labute approximate surface area is 136 Å². The number of hydrogen-bond donors (Lipinski definition) is 1. The number of nitrogens with zero attached hydrogens (tertiary/aromatic N) is 4. The number of hydrogen-bond acceptors (Lipinski definition) is 5. The second-order valence-corrected chi connectivity index (χ2v) is 5.96. The number of nitrogens with one attached hydrogen (secondary N) is 1. The highest BCUT2D eigenvalue weighted by atomic mass is 16.2. The van der Waals surface area contributed by atoms with E-state index in [4.69, 9.17) is 0 Å². The fourth-order valence-electron chi connectivity index (χ4n) is 2.85. The Morgan fingerprint density at radius 2 is 2.13 bits per heavy atom. The predicted octanol–water partition coefficient (Wildman–Crippen LogP) is 2.34. The summed E-state index contributed by atoms with van der Waals surface area (Å²) >= 11 is 0. The molecule has 0 saturated carbocycles. The van der Waals surface area contributed by atoms with Crippen LogP contribution in [-0.4, -0.2) is 33.9 Å². The van der Waals surface area contributed by atoms with E-state index in [0.29, 0.717) is 12.4 Å². The Bertz CT molecular complexity index is 703. The number of piperidine rings is 1. The van der Waals surface area contributed by atoms with Crippen molar-refractivity contribution in [3.63, 3.8) is 0 Å². The molecule has 1 unspecified atom stereocenters. The van der Waals surface area contributed by atoms with Gasteiger partial charge in [0.1, 0.15) is 18.0 Å². The van der Waals surface area contributed by atoms with Gasteiger partial charge in [-0.25, -0.2) is 15.0 Å². The quantitative estimate of drug-likeness (QED) is 0.942. The molecule has 0 radical (unpaired) electrons. The standard InChI is InChI=1S/C17H21N5O/c1-12-5-3-7-15(20-12)21-17(23)14-6-4-8-22(10-14)16-9-13(2)18-11-19-16/h3,5,7,9,11,14H,4,6,8,10H2,1-2H3,(H,20,21,23). The van der Waals surface area contributed by atoms with Crippen LogP contribution in [0.5, 0.6) is 0 Å². The lowest BCUT2D eigenvalue weighted by Crippen LogP contribution is -2.41. The Hall–Kier alpha value is -2.50. The molecule has 0 aliphatic carbocycles. The van der Waals surface area contributed by atoms with Crippen molar-refractivity contribution in [2.45, 2.75) is 26.7 Å². The third kappa shape index (κ3) is 3.83. The number of carbonyl (C=O) groups is 1. The molecule has 1 saturated heterocycles. The van der Waals surface area contributed by atoms with Gasteiger partial charge in [-0.3, -0.25) is 4.79 Å². The first-order chi connectivity index (χ1) is 11.1. The zero-order valence-electron chi connectivity index (χ0n) is 13.5. The Morgan fingerprint density at radius 1 is 1.26 bits per heavy atom. The SMILES string of the molecule is Cc1cc(N2CCCC(C(=O)Nc3cccc(C)n3)C2)ncn1. The van der Waals surface area contributed by atoms with E-state index >= 15 is 0 Å². The Kier molecular flexibility index (Phi) is 4.50. The number of rotatable bonds is 3. The van der Waals surface area contributed by atoms with Gasteiger partial charge in [0.05, 0.1) is 5.92 Å². The fraction of sp³-hybridized carbons (Fsp3) is 0.412.